The molecule has 26 heavy (non-hydrogen) atoms. The van der Waals surface area contributed by atoms with Crippen LogP contribution in [0.25, 0.3) is 0 Å². The van der Waals surface area contributed by atoms with Gasteiger partial charge in [-0.2, -0.15) is 18.3 Å². The van der Waals surface area contributed by atoms with Crippen LogP contribution >= 0.6 is 0 Å². The molecule has 8 heteroatoms. The van der Waals surface area contributed by atoms with Gasteiger partial charge in [0.1, 0.15) is 5.71 Å². The molecule has 1 aromatic carbocycles. The van der Waals surface area contributed by atoms with Crippen LogP contribution in [0.5, 0.6) is 0 Å². The highest BCUT2D eigenvalue weighted by Crippen LogP contribution is 2.26. The van der Waals surface area contributed by atoms with Crippen molar-refractivity contribution >= 4 is 23.2 Å². The number of carbonyl (C=O) groups excluding carboxylic acids is 2. The number of alkyl halides is 3. The minimum Gasteiger partial charge on any atom is -0.337 e. The summed E-state index contributed by atoms with van der Waals surface area (Å²) in [5.41, 5.74) is 2.45. The average Bonchev–Trinajstić information content (AvgIpc) is 2.57. The molecule has 0 N–H and O–H groups in total. The van der Waals surface area contributed by atoms with E-state index in [1.807, 2.05) is 26.0 Å². The van der Waals surface area contributed by atoms with Gasteiger partial charge in [-0.1, -0.05) is 12.1 Å². The lowest BCUT2D eigenvalue weighted by atomic mass is 10.1. The van der Waals surface area contributed by atoms with Gasteiger partial charge in [0, 0.05) is 25.9 Å². The number of carbonyl (C=O) groups is 2. The minimum atomic E-state index is -4.33. The second-order valence-corrected chi connectivity index (χ2v) is 6.29. The molecule has 1 heterocycles. The lowest BCUT2D eigenvalue weighted by Gasteiger charge is -2.28. The smallest absolute Gasteiger partial charge is 0.337 e. The molecule has 0 aliphatic carbocycles. The van der Waals surface area contributed by atoms with Gasteiger partial charge < -0.3 is 4.90 Å². The number of halogens is 3. The molecule has 0 atom stereocenters. The Morgan fingerprint density at radius 1 is 1.27 bits per heavy atom. The molecule has 0 saturated carbocycles. The maximum Gasteiger partial charge on any atom is 0.390 e. The number of hydrogen-bond acceptors (Lipinski definition) is 3. The highest BCUT2D eigenvalue weighted by molar-refractivity contribution is 6.40. The predicted molar refractivity (Wildman–Crippen MR) is 93.0 cm³/mol. The Bertz CT molecular complexity index is 729. The van der Waals surface area contributed by atoms with Gasteiger partial charge in [0.05, 0.1) is 12.1 Å². The molecule has 142 valence electrons. The molecule has 2 amide bonds. The highest BCUT2D eigenvalue weighted by Gasteiger charge is 2.32. The van der Waals surface area contributed by atoms with Crippen LogP contribution in [-0.2, 0) is 9.59 Å². The Labute approximate surface area is 150 Å². The quantitative estimate of drug-likeness (QED) is 0.797. The van der Waals surface area contributed by atoms with Crippen molar-refractivity contribution in [2.24, 2.45) is 5.10 Å². The summed E-state index contributed by atoms with van der Waals surface area (Å²) in [4.78, 5) is 26.0. The van der Waals surface area contributed by atoms with Gasteiger partial charge in [-0.15, -0.1) is 0 Å². The molecule has 0 fully saturated rings. The summed E-state index contributed by atoms with van der Waals surface area (Å²) in [6.45, 7) is 5.05. The van der Waals surface area contributed by atoms with E-state index in [-0.39, 0.29) is 31.0 Å². The van der Waals surface area contributed by atoms with Crippen molar-refractivity contribution in [3.8, 4) is 0 Å². The first-order valence-corrected chi connectivity index (χ1v) is 8.46. The number of rotatable bonds is 5. The zero-order valence-electron chi connectivity index (χ0n) is 15.1. The van der Waals surface area contributed by atoms with Gasteiger partial charge in [0.2, 0.25) is 5.91 Å². The van der Waals surface area contributed by atoms with E-state index < -0.39 is 25.0 Å². The molecule has 0 aromatic heterocycles. The van der Waals surface area contributed by atoms with E-state index in [2.05, 4.69) is 5.10 Å². The first-order valence-electron chi connectivity index (χ1n) is 8.46. The number of hydrazone groups is 1. The summed E-state index contributed by atoms with van der Waals surface area (Å²) in [6.07, 6.45) is -5.18. The van der Waals surface area contributed by atoms with Crippen LogP contribution in [0.4, 0.5) is 18.9 Å². The maximum absolute atomic E-state index is 12.6. The van der Waals surface area contributed by atoms with Crippen LogP contribution < -0.4 is 5.01 Å². The van der Waals surface area contributed by atoms with Crippen LogP contribution in [0.15, 0.2) is 23.3 Å². The molecule has 1 aliphatic heterocycles. The highest BCUT2D eigenvalue weighted by atomic mass is 19.4. The number of hydrogen-bond donors (Lipinski definition) is 0. The van der Waals surface area contributed by atoms with Crippen LogP contribution in [0.2, 0.25) is 0 Å². The second-order valence-electron chi connectivity index (χ2n) is 6.29. The Morgan fingerprint density at radius 3 is 2.58 bits per heavy atom. The number of amides is 2. The Balaban J connectivity index is 2.26. The van der Waals surface area contributed by atoms with Gasteiger partial charge in [0.15, 0.2) is 0 Å². The third-order valence-electron chi connectivity index (χ3n) is 4.21. The van der Waals surface area contributed by atoms with Gasteiger partial charge in [-0.05, 0) is 38.0 Å². The van der Waals surface area contributed by atoms with Gasteiger partial charge in [0.25, 0.3) is 5.91 Å². The third-order valence-corrected chi connectivity index (χ3v) is 4.21. The normalized spacial score (nSPS) is 15.1. The molecule has 5 nitrogen and oxygen atoms in total. The van der Waals surface area contributed by atoms with Crippen molar-refractivity contribution in [1.82, 2.24) is 4.90 Å². The van der Waals surface area contributed by atoms with Crippen LogP contribution in [0.1, 0.15) is 37.3 Å². The Kier molecular flexibility index (Phi) is 6.05. The molecule has 1 aromatic rings. The molecule has 0 unspecified atom stereocenters. The molecule has 0 radical (unpaired) electrons. The zero-order valence-corrected chi connectivity index (χ0v) is 15.1. The van der Waals surface area contributed by atoms with Crippen molar-refractivity contribution in [2.45, 2.75) is 46.2 Å². The summed E-state index contributed by atoms with van der Waals surface area (Å²) >= 11 is 0. The number of nitrogens with zero attached hydrogens (tertiary/aromatic N) is 3. The zero-order chi connectivity index (χ0) is 19.5. The van der Waals surface area contributed by atoms with Crippen LogP contribution in [0, 0.1) is 13.8 Å². The van der Waals surface area contributed by atoms with E-state index in [1.54, 1.807) is 13.0 Å². The average molecular weight is 369 g/mol. The number of benzene rings is 1. The summed E-state index contributed by atoms with van der Waals surface area (Å²) in [5, 5.41) is 5.37. The first-order chi connectivity index (χ1) is 12.1. The SMILES string of the molecule is CCN(CCC(F)(F)F)C(=O)C1=NN(c2cc(C)ccc2C)C(=O)CC1. The molecular weight excluding hydrogens is 347 g/mol. The molecule has 1 aliphatic rings. The molecule has 0 saturated heterocycles. The van der Waals surface area contributed by atoms with E-state index >= 15 is 0 Å². The fourth-order valence-electron chi connectivity index (χ4n) is 2.69. The molecule has 0 spiro atoms. The Morgan fingerprint density at radius 2 is 1.96 bits per heavy atom. The second kappa shape index (κ2) is 7.88. The van der Waals surface area contributed by atoms with E-state index in [1.165, 1.54) is 5.01 Å². The van der Waals surface area contributed by atoms with Crippen LogP contribution in [-0.4, -0.2) is 41.7 Å². The van der Waals surface area contributed by atoms with Crippen molar-refractivity contribution < 1.29 is 22.8 Å². The monoisotopic (exact) mass is 369 g/mol. The van der Waals surface area contributed by atoms with E-state index in [9.17, 15) is 22.8 Å². The first kappa shape index (κ1) is 19.9. The van der Waals surface area contributed by atoms with E-state index in [0.29, 0.717) is 5.69 Å². The van der Waals surface area contributed by atoms with E-state index in [4.69, 9.17) is 0 Å². The maximum atomic E-state index is 12.6. The lowest BCUT2D eigenvalue weighted by Crippen LogP contribution is -2.42. The van der Waals surface area contributed by atoms with Gasteiger partial charge in [-0.25, -0.2) is 5.01 Å². The van der Waals surface area contributed by atoms with Crippen molar-refractivity contribution in [1.29, 1.82) is 0 Å². The minimum absolute atomic E-state index is 0.0920. The summed E-state index contributed by atoms with van der Waals surface area (Å²) in [5.74, 6) is -0.798. The van der Waals surface area contributed by atoms with Crippen molar-refractivity contribution in [3.63, 3.8) is 0 Å². The standard InChI is InChI=1S/C18H22F3N3O2/c1-4-23(10-9-18(19,20)21)17(26)14-7-8-16(25)24(22-14)15-11-12(2)5-6-13(15)3/h5-6,11H,4,7-10H2,1-3H3. The topological polar surface area (TPSA) is 53.0 Å². The summed E-state index contributed by atoms with van der Waals surface area (Å²) in [7, 11) is 0. The van der Waals surface area contributed by atoms with Crippen molar-refractivity contribution in [3.05, 3.63) is 29.3 Å². The third kappa shape index (κ3) is 4.83. The summed E-state index contributed by atoms with van der Waals surface area (Å²) < 4.78 is 37.4. The fraction of sp³-hybridized carbons (Fsp3) is 0.500. The van der Waals surface area contributed by atoms with Gasteiger partial charge in [-0.3, -0.25) is 9.59 Å². The number of aryl methyl sites for hydroxylation is 2. The van der Waals surface area contributed by atoms with Crippen molar-refractivity contribution in [2.75, 3.05) is 18.1 Å². The largest absolute Gasteiger partial charge is 0.390 e. The molecule has 0 bridgehead atoms. The predicted octanol–water partition coefficient (Wildman–Crippen LogP) is 3.59. The Hall–Kier alpha value is -2.38. The fourth-order valence-corrected chi connectivity index (χ4v) is 2.69. The lowest BCUT2D eigenvalue weighted by molar-refractivity contribution is -0.142. The summed E-state index contributed by atoms with van der Waals surface area (Å²) in [6, 6.07) is 5.55. The molecular formula is C18H22F3N3O2. The number of anilines is 1. The van der Waals surface area contributed by atoms with Gasteiger partial charge >= 0.3 is 6.18 Å². The molecule has 2 rings (SSSR count). The van der Waals surface area contributed by atoms with E-state index in [0.717, 1.165) is 16.0 Å². The van der Waals surface area contributed by atoms with Crippen LogP contribution in [0.3, 0.4) is 0 Å².